The number of aryl methyl sites for hydroxylation is 1. The molecule has 0 saturated carbocycles. The van der Waals surface area contributed by atoms with Gasteiger partial charge < -0.3 is 4.84 Å². The lowest BCUT2D eigenvalue weighted by atomic mass is 9.94. The molecule has 2 aliphatic rings. The van der Waals surface area contributed by atoms with Crippen molar-refractivity contribution in [2.24, 2.45) is 11.1 Å². The minimum Gasteiger partial charge on any atom is -0.381 e. The molecule has 2 aliphatic heterocycles. The Morgan fingerprint density at radius 2 is 1.84 bits per heavy atom. The Labute approximate surface area is 147 Å². The summed E-state index contributed by atoms with van der Waals surface area (Å²) in [6, 6.07) is 10.5. The number of hydrogen-bond donors (Lipinski definition) is 0. The Morgan fingerprint density at radius 3 is 2.56 bits per heavy atom. The third-order valence-corrected chi connectivity index (χ3v) is 4.60. The van der Waals surface area contributed by atoms with Crippen molar-refractivity contribution >= 4 is 34.8 Å². The van der Waals surface area contributed by atoms with Crippen molar-refractivity contribution < 1.29 is 18.8 Å². The summed E-state index contributed by atoms with van der Waals surface area (Å²) in [5.41, 5.74) is 2.04. The molecule has 0 radical (unpaired) electrons. The topological polar surface area (TPSA) is 59.0 Å². The lowest BCUT2D eigenvalue weighted by molar-refractivity contribution is -0.126. The number of oxime groups is 1. The Balaban J connectivity index is 1.73. The zero-order valence-corrected chi connectivity index (χ0v) is 13.8. The van der Waals surface area contributed by atoms with Crippen molar-refractivity contribution in [1.29, 1.82) is 0 Å². The predicted molar refractivity (Wildman–Crippen MR) is 90.0 cm³/mol. The molecular weight excluding hydrogens is 347 g/mol. The molecule has 0 aliphatic carbocycles. The SMILES string of the molecule is Cc1ccc(Cl)cc1N1C(=O)[C@H]2C(c3ccc(F)cc3)=NO[C@H]2C1=O. The van der Waals surface area contributed by atoms with Crippen LogP contribution in [0.3, 0.4) is 0 Å². The number of hydrogen-bond acceptors (Lipinski definition) is 4. The van der Waals surface area contributed by atoms with E-state index in [0.717, 1.165) is 10.5 Å². The summed E-state index contributed by atoms with van der Waals surface area (Å²) in [4.78, 5) is 32.0. The highest BCUT2D eigenvalue weighted by Crippen LogP contribution is 2.37. The van der Waals surface area contributed by atoms with Gasteiger partial charge in [-0.25, -0.2) is 9.29 Å². The molecular formula is C18H12ClFN2O3. The van der Waals surface area contributed by atoms with Crippen molar-refractivity contribution in [2.75, 3.05) is 4.90 Å². The van der Waals surface area contributed by atoms with Crippen LogP contribution < -0.4 is 4.90 Å². The smallest absolute Gasteiger partial charge is 0.278 e. The summed E-state index contributed by atoms with van der Waals surface area (Å²) in [7, 11) is 0. The second kappa shape index (κ2) is 5.67. The van der Waals surface area contributed by atoms with Crippen LogP contribution in [-0.2, 0) is 14.4 Å². The number of anilines is 1. The first-order valence-electron chi connectivity index (χ1n) is 7.61. The minimum atomic E-state index is -1.01. The van der Waals surface area contributed by atoms with Gasteiger partial charge in [-0.2, -0.15) is 0 Å². The van der Waals surface area contributed by atoms with Gasteiger partial charge in [0.05, 0.1) is 5.69 Å². The van der Waals surface area contributed by atoms with Crippen LogP contribution in [0, 0.1) is 18.7 Å². The standard InChI is InChI=1S/C18H12ClFN2O3/c1-9-2-5-11(19)8-13(9)22-17(23)14-15(21-25-16(14)18(22)24)10-3-6-12(20)7-4-10/h2-8,14,16H,1H3/t14-,16+/m0/s1. The summed E-state index contributed by atoms with van der Waals surface area (Å²) in [5.74, 6) is -2.16. The van der Waals surface area contributed by atoms with Crippen LogP contribution in [0.1, 0.15) is 11.1 Å². The molecule has 0 unspecified atom stereocenters. The molecule has 126 valence electrons. The van der Waals surface area contributed by atoms with Gasteiger partial charge in [0.2, 0.25) is 12.0 Å². The first-order valence-corrected chi connectivity index (χ1v) is 7.99. The van der Waals surface area contributed by atoms with E-state index in [0.29, 0.717) is 22.0 Å². The second-order valence-corrected chi connectivity index (χ2v) is 6.37. The van der Waals surface area contributed by atoms with E-state index in [9.17, 15) is 14.0 Å². The molecule has 0 aromatic heterocycles. The van der Waals surface area contributed by atoms with E-state index in [-0.39, 0.29) is 0 Å². The molecule has 1 saturated heterocycles. The number of carbonyl (C=O) groups excluding carboxylic acids is 2. The summed E-state index contributed by atoms with van der Waals surface area (Å²) in [5, 5.41) is 4.31. The number of rotatable bonds is 2. The number of carbonyl (C=O) groups is 2. The first kappa shape index (κ1) is 15.8. The maximum absolute atomic E-state index is 13.1. The van der Waals surface area contributed by atoms with Gasteiger partial charge in [-0.15, -0.1) is 0 Å². The molecule has 5 nitrogen and oxygen atoms in total. The van der Waals surface area contributed by atoms with Crippen LogP contribution in [-0.4, -0.2) is 23.6 Å². The monoisotopic (exact) mass is 358 g/mol. The molecule has 4 rings (SSSR count). The van der Waals surface area contributed by atoms with E-state index in [2.05, 4.69) is 5.16 Å². The van der Waals surface area contributed by atoms with Gasteiger partial charge in [0.1, 0.15) is 17.4 Å². The van der Waals surface area contributed by atoms with Gasteiger partial charge in [0.25, 0.3) is 5.91 Å². The number of halogens is 2. The van der Waals surface area contributed by atoms with E-state index in [1.165, 1.54) is 24.3 Å². The van der Waals surface area contributed by atoms with Crippen LogP contribution in [0.5, 0.6) is 0 Å². The molecule has 0 N–H and O–H groups in total. The molecule has 2 amide bonds. The third kappa shape index (κ3) is 2.41. The van der Waals surface area contributed by atoms with E-state index >= 15 is 0 Å². The lowest BCUT2D eigenvalue weighted by Gasteiger charge is -2.18. The van der Waals surface area contributed by atoms with Crippen molar-refractivity contribution in [3.05, 3.63) is 64.4 Å². The fourth-order valence-electron chi connectivity index (χ4n) is 3.10. The first-order chi connectivity index (χ1) is 12.0. The largest absolute Gasteiger partial charge is 0.381 e. The molecule has 7 heteroatoms. The Hall–Kier alpha value is -2.73. The summed E-state index contributed by atoms with van der Waals surface area (Å²) in [6.45, 7) is 1.79. The number of benzene rings is 2. The highest BCUT2D eigenvalue weighted by atomic mass is 35.5. The number of fused-ring (bicyclic) bond motifs is 1. The van der Waals surface area contributed by atoms with Gasteiger partial charge in [-0.1, -0.05) is 35.0 Å². The van der Waals surface area contributed by atoms with Crippen molar-refractivity contribution in [3.8, 4) is 0 Å². The predicted octanol–water partition coefficient (Wildman–Crippen LogP) is 3.08. The summed E-state index contributed by atoms with van der Waals surface area (Å²) >= 11 is 6.01. The minimum absolute atomic E-state index is 0.325. The maximum atomic E-state index is 13.1. The fourth-order valence-corrected chi connectivity index (χ4v) is 3.26. The van der Waals surface area contributed by atoms with Crippen molar-refractivity contribution in [2.45, 2.75) is 13.0 Å². The summed E-state index contributed by atoms with van der Waals surface area (Å²) < 4.78 is 13.1. The van der Waals surface area contributed by atoms with E-state index in [1.807, 2.05) is 0 Å². The molecule has 0 spiro atoms. The number of imide groups is 1. The molecule has 2 atom stereocenters. The highest BCUT2D eigenvalue weighted by molar-refractivity contribution is 6.34. The fraction of sp³-hybridized carbons (Fsp3) is 0.167. The van der Waals surface area contributed by atoms with Crippen molar-refractivity contribution in [1.82, 2.24) is 0 Å². The molecule has 25 heavy (non-hydrogen) atoms. The molecule has 1 fully saturated rings. The van der Waals surface area contributed by atoms with Gasteiger partial charge in [0, 0.05) is 10.6 Å². The van der Waals surface area contributed by atoms with Gasteiger partial charge in [0.15, 0.2) is 0 Å². The molecule has 0 bridgehead atoms. The Kier molecular flexibility index (Phi) is 3.58. The van der Waals surface area contributed by atoms with Crippen molar-refractivity contribution in [3.63, 3.8) is 0 Å². The van der Waals surface area contributed by atoms with Crippen LogP contribution in [0.15, 0.2) is 47.6 Å². The summed E-state index contributed by atoms with van der Waals surface area (Å²) in [6.07, 6.45) is -1.01. The van der Waals surface area contributed by atoms with E-state index < -0.39 is 29.7 Å². The van der Waals surface area contributed by atoms with Gasteiger partial charge in [-0.3, -0.25) is 9.59 Å². The van der Waals surface area contributed by atoms with Gasteiger partial charge >= 0.3 is 0 Å². The normalized spacial score (nSPS) is 22.0. The van der Waals surface area contributed by atoms with E-state index in [1.54, 1.807) is 25.1 Å². The molecule has 2 aromatic carbocycles. The van der Waals surface area contributed by atoms with Gasteiger partial charge in [-0.05, 0) is 36.8 Å². The molecule has 2 aromatic rings. The lowest BCUT2D eigenvalue weighted by Crippen LogP contribution is -2.33. The zero-order valence-electron chi connectivity index (χ0n) is 13.1. The van der Waals surface area contributed by atoms with Crippen LogP contribution in [0.2, 0.25) is 5.02 Å². The van der Waals surface area contributed by atoms with E-state index in [4.69, 9.17) is 16.4 Å². The zero-order chi connectivity index (χ0) is 17.7. The highest BCUT2D eigenvalue weighted by Gasteiger charge is 2.56. The Morgan fingerprint density at radius 1 is 1.12 bits per heavy atom. The third-order valence-electron chi connectivity index (χ3n) is 4.36. The second-order valence-electron chi connectivity index (χ2n) is 5.93. The molecule has 2 heterocycles. The average molecular weight is 359 g/mol. The quantitative estimate of drug-likeness (QED) is 0.775. The number of amides is 2. The van der Waals surface area contributed by atoms with Crippen LogP contribution in [0.4, 0.5) is 10.1 Å². The average Bonchev–Trinajstić information content (AvgIpc) is 3.12. The van der Waals surface area contributed by atoms with Crippen LogP contribution >= 0.6 is 11.6 Å². The van der Waals surface area contributed by atoms with Crippen LogP contribution in [0.25, 0.3) is 0 Å². The number of nitrogens with zero attached hydrogens (tertiary/aromatic N) is 2. The Bertz CT molecular complexity index is 926. The maximum Gasteiger partial charge on any atom is 0.278 e.